The molecule has 0 aromatic heterocycles. The van der Waals surface area contributed by atoms with E-state index in [1.54, 1.807) is 30.3 Å². The molecule has 4 amide bonds. The number of rotatable bonds is 17. The summed E-state index contributed by atoms with van der Waals surface area (Å²) in [5.74, 6) is -6.44. The number of phenols is 2. The molecule has 3 aromatic carbocycles. The van der Waals surface area contributed by atoms with Crippen LogP contribution in [-0.4, -0.2) is 86.7 Å². The first kappa shape index (κ1) is 36.5. The van der Waals surface area contributed by atoms with Gasteiger partial charge < -0.3 is 47.4 Å². The van der Waals surface area contributed by atoms with Crippen molar-refractivity contribution in [2.24, 2.45) is 5.73 Å². The van der Waals surface area contributed by atoms with Gasteiger partial charge in [-0.3, -0.25) is 24.0 Å². The molecular weight excluding hydrogens is 626 g/mol. The van der Waals surface area contributed by atoms with Crippen LogP contribution in [0.2, 0.25) is 0 Å². The third-order valence-corrected chi connectivity index (χ3v) is 7.13. The molecular formula is C33H37N5O10. The van der Waals surface area contributed by atoms with Crippen LogP contribution in [0.1, 0.15) is 23.1 Å². The molecule has 0 fully saturated rings. The zero-order chi connectivity index (χ0) is 35.2. The van der Waals surface area contributed by atoms with Gasteiger partial charge in [0.15, 0.2) is 0 Å². The van der Waals surface area contributed by atoms with Crippen LogP contribution in [0.5, 0.6) is 11.5 Å². The molecule has 3 rings (SSSR count). The van der Waals surface area contributed by atoms with Crippen molar-refractivity contribution in [3.05, 3.63) is 95.6 Å². The first-order chi connectivity index (χ1) is 22.8. The summed E-state index contributed by atoms with van der Waals surface area (Å²) in [5, 5.41) is 48.2. The second-order valence-corrected chi connectivity index (χ2v) is 10.9. The summed E-state index contributed by atoms with van der Waals surface area (Å²) in [6.07, 6.45) is -1.22. The van der Waals surface area contributed by atoms with Crippen LogP contribution < -0.4 is 27.0 Å². The second-order valence-electron chi connectivity index (χ2n) is 10.9. The fourth-order valence-electron chi connectivity index (χ4n) is 4.66. The van der Waals surface area contributed by atoms with Crippen LogP contribution >= 0.6 is 0 Å². The summed E-state index contributed by atoms with van der Waals surface area (Å²) in [7, 11) is 0. The Hall–Kier alpha value is -5.96. The molecule has 48 heavy (non-hydrogen) atoms. The van der Waals surface area contributed by atoms with Crippen LogP contribution in [0, 0.1) is 0 Å². The lowest BCUT2D eigenvalue weighted by molar-refractivity contribution is -0.142. The Bertz CT molecular complexity index is 1580. The Morgan fingerprint density at radius 2 is 0.938 bits per heavy atom. The van der Waals surface area contributed by atoms with E-state index in [0.29, 0.717) is 16.7 Å². The molecule has 15 heteroatoms. The number of carbonyl (C=O) groups excluding carboxylic acids is 4. The van der Waals surface area contributed by atoms with Crippen molar-refractivity contribution in [2.45, 2.75) is 49.9 Å². The van der Waals surface area contributed by atoms with Gasteiger partial charge in [0.25, 0.3) is 0 Å². The molecule has 0 radical (unpaired) electrons. The van der Waals surface area contributed by atoms with Crippen LogP contribution in [0.15, 0.2) is 78.9 Å². The van der Waals surface area contributed by atoms with Gasteiger partial charge in [-0.05, 0) is 41.0 Å². The highest BCUT2D eigenvalue weighted by Crippen LogP contribution is 2.14. The molecule has 0 heterocycles. The summed E-state index contributed by atoms with van der Waals surface area (Å²) in [6, 6.07) is 14.2. The minimum absolute atomic E-state index is 0.0492. The summed E-state index contributed by atoms with van der Waals surface area (Å²) < 4.78 is 0. The molecule has 0 aliphatic carbocycles. The minimum Gasteiger partial charge on any atom is -0.508 e. The van der Waals surface area contributed by atoms with Crippen molar-refractivity contribution in [3.63, 3.8) is 0 Å². The number of benzene rings is 3. The van der Waals surface area contributed by atoms with Crippen LogP contribution in [0.4, 0.5) is 0 Å². The van der Waals surface area contributed by atoms with E-state index in [1.165, 1.54) is 48.5 Å². The van der Waals surface area contributed by atoms with Crippen LogP contribution in [-0.2, 0) is 48.0 Å². The van der Waals surface area contributed by atoms with Gasteiger partial charge in [0.05, 0.1) is 13.0 Å². The molecule has 0 saturated heterocycles. The molecule has 4 unspecified atom stereocenters. The maximum atomic E-state index is 13.8. The first-order valence-corrected chi connectivity index (χ1v) is 14.8. The molecule has 15 nitrogen and oxygen atoms in total. The molecule has 10 N–H and O–H groups in total. The minimum atomic E-state index is -1.60. The highest BCUT2D eigenvalue weighted by molar-refractivity contribution is 5.96. The van der Waals surface area contributed by atoms with Crippen molar-refractivity contribution in [2.75, 3.05) is 6.54 Å². The average molecular weight is 664 g/mol. The number of hydrogen-bond donors (Lipinski definition) is 9. The number of phenolic OH excluding ortho intramolecular Hbond substituents is 2. The lowest BCUT2D eigenvalue weighted by atomic mass is 10.0. The highest BCUT2D eigenvalue weighted by atomic mass is 16.4. The van der Waals surface area contributed by atoms with Gasteiger partial charge in [-0.1, -0.05) is 54.6 Å². The van der Waals surface area contributed by atoms with Crippen LogP contribution in [0.3, 0.4) is 0 Å². The summed E-state index contributed by atoms with van der Waals surface area (Å²) in [4.78, 5) is 76.0. The largest absolute Gasteiger partial charge is 0.508 e. The SMILES string of the molecule is NCC(=O)NC(CC(=O)O)C(=O)NC(Cc1ccc(O)cc1)C(=O)NC(Cc1ccc(O)cc1)C(=O)NC(Cc1ccccc1)C(=O)O. The zero-order valence-electron chi connectivity index (χ0n) is 25.7. The summed E-state index contributed by atoms with van der Waals surface area (Å²) in [6.45, 7) is -0.531. The van der Waals surface area contributed by atoms with Crippen molar-refractivity contribution in [3.8, 4) is 11.5 Å². The number of carboxylic acids is 2. The van der Waals surface area contributed by atoms with E-state index >= 15 is 0 Å². The third kappa shape index (κ3) is 11.8. The molecule has 3 aromatic rings. The number of hydrogen-bond acceptors (Lipinski definition) is 9. The fourth-order valence-corrected chi connectivity index (χ4v) is 4.66. The van der Waals surface area contributed by atoms with Crippen LogP contribution in [0.25, 0.3) is 0 Å². The number of aliphatic carboxylic acids is 2. The quantitative estimate of drug-likeness (QED) is 0.0896. The predicted molar refractivity (Wildman–Crippen MR) is 170 cm³/mol. The van der Waals surface area contributed by atoms with Gasteiger partial charge >= 0.3 is 11.9 Å². The van der Waals surface area contributed by atoms with E-state index < -0.39 is 72.7 Å². The normalized spacial score (nSPS) is 13.2. The average Bonchev–Trinajstić information content (AvgIpc) is 3.05. The number of carbonyl (C=O) groups is 6. The summed E-state index contributed by atoms with van der Waals surface area (Å²) >= 11 is 0. The molecule has 4 atom stereocenters. The number of carboxylic acid groups (broad SMARTS) is 2. The van der Waals surface area contributed by atoms with E-state index in [-0.39, 0.29) is 30.8 Å². The van der Waals surface area contributed by atoms with Crippen molar-refractivity contribution in [1.29, 1.82) is 0 Å². The Kier molecular flexibility index (Phi) is 13.4. The Morgan fingerprint density at radius 1 is 0.542 bits per heavy atom. The predicted octanol–water partition coefficient (Wildman–Crippen LogP) is -0.417. The second kappa shape index (κ2) is 17.7. The number of amides is 4. The lowest BCUT2D eigenvalue weighted by Crippen LogP contribution is -2.59. The van der Waals surface area contributed by atoms with E-state index in [0.717, 1.165) is 0 Å². The molecule has 0 bridgehead atoms. The van der Waals surface area contributed by atoms with Gasteiger partial charge in [0, 0.05) is 19.3 Å². The van der Waals surface area contributed by atoms with Crippen molar-refractivity contribution >= 4 is 35.6 Å². The van der Waals surface area contributed by atoms with Crippen molar-refractivity contribution in [1.82, 2.24) is 21.3 Å². The number of nitrogens with one attached hydrogen (secondary N) is 4. The smallest absolute Gasteiger partial charge is 0.326 e. The van der Waals surface area contributed by atoms with Gasteiger partial charge in [0.1, 0.15) is 35.7 Å². The van der Waals surface area contributed by atoms with Gasteiger partial charge in [0.2, 0.25) is 23.6 Å². The Labute approximate surface area is 275 Å². The van der Waals surface area contributed by atoms with Gasteiger partial charge in [-0.25, -0.2) is 4.79 Å². The topological polar surface area (TPSA) is 257 Å². The Morgan fingerprint density at radius 3 is 1.35 bits per heavy atom. The number of aromatic hydroxyl groups is 2. The molecule has 0 saturated carbocycles. The monoisotopic (exact) mass is 663 g/mol. The fraction of sp³-hybridized carbons (Fsp3) is 0.273. The first-order valence-electron chi connectivity index (χ1n) is 14.8. The summed E-state index contributed by atoms with van der Waals surface area (Å²) in [5.41, 5.74) is 6.89. The molecule has 0 spiro atoms. The molecule has 254 valence electrons. The van der Waals surface area contributed by atoms with Gasteiger partial charge in [-0.15, -0.1) is 0 Å². The van der Waals surface area contributed by atoms with E-state index in [4.69, 9.17) is 5.73 Å². The maximum absolute atomic E-state index is 13.8. The Balaban J connectivity index is 1.91. The lowest BCUT2D eigenvalue weighted by Gasteiger charge is -2.26. The highest BCUT2D eigenvalue weighted by Gasteiger charge is 2.32. The van der Waals surface area contributed by atoms with E-state index in [1.807, 2.05) is 0 Å². The standard InChI is InChI=1S/C33H37N5O10/c34-18-28(41)35-26(17-29(42)43)32(46)37-24(14-20-6-10-22(39)11-7-20)30(44)36-25(15-21-8-12-23(40)13-9-21)31(45)38-27(33(47)48)16-19-4-2-1-3-5-19/h1-13,24-27,39-40H,14-18,34H2,(H,35,41)(H,36,44)(H,37,46)(H,38,45)(H,42,43)(H,47,48). The maximum Gasteiger partial charge on any atom is 0.326 e. The number of nitrogens with two attached hydrogens (primary N) is 1. The third-order valence-electron chi connectivity index (χ3n) is 7.13. The van der Waals surface area contributed by atoms with Crippen molar-refractivity contribution < 1.29 is 49.2 Å². The van der Waals surface area contributed by atoms with E-state index in [2.05, 4.69) is 21.3 Å². The zero-order valence-corrected chi connectivity index (χ0v) is 25.7. The van der Waals surface area contributed by atoms with E-state index in [9.17, 15) is 49.2 Å². The molecule has 0 aliphatic heterocycles. The molecule has 0 aliphatic rings. The van der Waals surface area contributed by atoms with Gasteiger partial charge in [-0.2, -0.15) is 0 Å².